The summed E-state index contributed by atoms with van der Waals surface area (Å²) in [4.78, 5) is 21.4. The van der Waals surface area contributed by atoms with Gasteiger partial charge in [-0.15, -0.1) is 0 Å². The molecular formula is C6H12N3O3PS. The molecule has 0 fully saturated rings. The second-order valence-corrected chi connectivity index (χ2v) is 5.59. The van der Waals surface area contributed by atoms with Crippen LogP contribution in [0.2, 0.25) is 0 Å². The van der Waals surface area contributed by atoms with Crippen molar-refractivity contribution in [2.75, 3.05) is 12.4 Å². The Balaban J connectivity index is 2.53. The third-order valence-corrected chi connectivity index (χ3v) is 3.57. The van der Waals surface area contributed by atoms with Gasteiger partial charge in [0.1, 0.15) is 12.2 Å². The van der Waals surface area contributed by atoms with E-state index < -0.39 is 7.60 Å². The number of thioether (sulfide) groups is 1. The minimum Gasteiger partial charge on any atom is -0.324 e. The molecule has 1 heterocycles. The zero-order chi connectivity index (χ0) is 10.6. The highest BCUT2D eigenvalue weighted by molar-refractivity contribution is 7.98. The Bertz CT molecular complexity index is 312. The number of hydrogen-bond acceptors (Lipinski definition) is 4. The first-order valence-electron chi connectivity index (χ1n) is 3.95. The fraction of sp³-hybridized carbons (Fsp3) is 0.667. The van der Waals surface area contributed by atoms with Gasteiger partial charge in [-0.1, -0.05) is 0 Å². The van der Waals surface area contributed by atoms with Crippen LogP contribution in [0, 0.1) is 0 Å². The normalized spacial score (nSPS) is 14.2. The van der Waals surface area contributed by atoms with Crippen molar-refractivity contribution in [1.82, 2.24) is 15.2 Å². The first-order chi connectivity index (χ1) is 6.53. The lowest BCUT2D eigenvalue weighted by atomic mass is 10.3. The topological polar surface area (TPSA) is 99.1 Å². The summed E-state index contributed by atoms with van der Waals surface area (Å²) in [5.74, 6) is 0.658. The lowest BCUT2D eigenvalue weighted by molar-refractivity contribution is 0.371. The maximum Gasteiger partial charge on any atom is 0.325 e. The molecule has 0 saturated heterocycles. The average Bonchev–Trinajstić information content (AvgIpc) is 2.56. The van der Waals surface area contributed by atoms with Gasteiger partial charge in [-0.25, -0.2) is 4.98 Å². The summed E-state index contributed by atoms with van der Waals surface area (Å²) < 4.78 is 10.7. The standard InChI is InChI=1S/C6H12N3O3PS/c1-14-5(2-3-13(10,11)12)6-7-4-8-9-6/h4-5H,2-3H2,1H3,(H,7,8,9)(H2,10,11,12). The van der Waals surface area contributed by atoms with Gasteiger partial charge in [0, 0.05) is 0 Å². The molecule has 1 aromatic heterocycles. The molecule has 0 aliphatic carbocycles. The number of H-pyrrole nitrogens is 1. The van der Waals surface area contributed by atoms with E-state index in [0.717, 1.165) is 0 Å². The van der Waals surface area contributed by atoms with E-state index in [0.29, 0.717) is 12.2 Å². The highest BCUT2D eigenvalue weighted by Gasteiger charge is 2.19. The van der Waals surface area contributed by atoms with Crippen LogP contribution >= 0.6 is 19.4 Å². The van der Waals surface area contributed by atoms with Gasteiger partial charge in [-0.05, 0) is 12.7 Å². The molecule has 0 aliphatic heterocycles. The fourth-order valence-electron chi connectivity index (χ4n) is 1.02. The van der Waals surface area contributed by atoms with E-state index in [4.69, 9.17) is 9.79 Å². The number of aromatic nitrogens is 3. The Morgan fingerprint density at radius 2 is 2.43 bits per heavy atom. The molecule has 0 aliphatic rings. The van der Waals surface area contributed by atoms with Gasteiger partial charge in [0.05, 0.1) is 11.4 Å². The highest BCUT2D eigenvalue weighted by Crippen LogP contribution is 2.39. The molecule has 0 bridgehead atoms. The summed E-state index contributed by atoms with van der Waals surface area (Å²) in [7, 11) is -3.91. The maximum atomic E-state index is 10.7. The van der Waals surface area contributed by atoms with Crippen molar-refractivity contribution in [3.05, 3.63) is 12.2 Å². The van der Waals surface area contributed by atoms with Gasteiger partial charge < -0.3 is 9.79 Å². The smallest absolute Gasteiger partial charge is 0.324 e. The van der Waals surface area contributed by atoms with Gasteiger partial charge in [-0.3, -0.25) is 9.66 Å². The lowest BCUT2D eigenvalue weighted by Gasteiger charge is -2.11. The average molecular weight is 237 g/mol. The molecule has 1 aromatic rings. The summed E-state index contributed by atoms with van der Waals surface area (Å²) in [6.07, 6.45) is 3.52. The Morgan fingerprint density at radius 3 is 2.86 bits per heavy atom. The van der Waals surface area contributed by atoms with Crippen LogP contribution in [0.5, 0.6) is 0 Å². The molecule has 0 spiro atoms. The number of aromatic amines is 1. The largest absolute Gasteiger partial charge is 0.325 e. The third kappa shape index (κ3) is 3.79. The molecule has 1 atom stereocenters. The van der Waals surface area contributed by atoms with Crippen LogP contribution in [-0.2, 0) is 4.57 Å². The monoisotopic (exact) mass is 237 g/mol. The molecule has 1 rings (SSSR count). The SMILES string of the molecule is CSC(CCP(=O)(O)O)c1ncn[nH]1. The van der Waals surface area contributed by atoms with Crippen LogP contribution in [0.4, 0.5) is 0 Å². The predicted molar refractivity (Wildman–Crippen MR) is 54.2 cm³/mol. The minimum atomic E-state index is -3.91. The molecule has 0 saturated carbocycles. The zero-order valence-electron chi connectivity index (χ0n) is 7.62. The summed E-state index contributed by atoms with van der Waals surface area (Å²) in [5, 5.41) is 6.34. The Kier molecular flexibility index (Phi) is 4.12. The van der Waals surface area contributed by atoms with Crippen molar-refractivity contribution in [1.29, 1.82) is 0 Å². The number of rotatable bonds is 5. The van der Waals surface area contributed by atoms with Crippen molar-refractivity contribution in [2.45, 2.75) is 11.7 Å². The van der Waals surface area contributed by atoms with Crippen LogP contribution in [0.25, 0.3) is 0 Å². The molecule has 3 N–H and O–H groups in total. The summed E-state index contributed by atoms with van der Waals surface area (Å²) in [5.41, 5.74) is 0. The molecular weight excluding hydrogens is 225 g/mol. The summed E-state index contributed by atoms with van der Waals surface area (Å²) in [6, 6.07) is 0. The van der Waals surface area contributed by atoms with E-state index in [1.807, 2.05) is 6.26 Å². The van der Waals surface area contributed by atoms with Gasteiger partial charge in [0.25, 0.3) is 0 Å². The van der Waals surface area contributed by atoms with E-state index in [9.17, 15) is 4.57 Å². The van der Waals surface area contributed by atoms with Crippen LogP contribution in [0.1, 0.15) is 17.5 Å². The summed E-state index contributed by atoms with van der Waals surface area (Å²) in [6.45, 7) is 0. The molecule has 6 nitrogen and oxygen atoms in total. The van der Waals surface area contributed by atoms with E-state index >= 15 is 0 Å². The van der Waals surface area contributed by atoms with Crippen LogP contribution in [-0.4, -0.2) is 37.4 Å². The van der Waals surface area contributed by atoms with E-state index in [1.54, 1.807) is 0 Å². The first-order valence-corrected chi connectivity index (χ1v) is 7.04. The van der Waals surface area contributed by atoms with Crippen LogP contribution in [0.15, 0.2) is 6.33 Å². The third-order valence-electron chi connectivity index (χ3n) is 1.71. The second-order valence-electron chi connectivity index (χ2n) is 2.77. The quantitative estimate of drug-likeness (QED) is 0.654. The molecule has 0 aromatic carbocycles. The molecule has 0 radical (unpaired) electrons. The van der Waals surface area contributed by atoms with E-state index in [1.165, 1.54) is 18.1 Å². The number of nitrogens with zero attached hydrogens (tertiary/aromatic N) is 2. The summed E-state index contributed by atoms with van der Waals surface area (Å²) >= 11 is 1.49. The van der Waals surface area contributed by atoms with Crippen molar-refractivity contribution < 1.29 is 14.4 Å². The van der Waals surface area contributed by atoms with Crippen molar-refractivity contribution >= 4 is 19.4 Å². The predicted octanol–water partition coefficient (Wildman–Crippen LogP) is 0.777. The van der Waals surface area contributed by atoms with Crippen LogP contribution in [0.3, 0.4) is 0 Å². The molecule has 8 heteroatoms. The van der Waals surface area contributed by atoms with Gasteiger partial charge in [0.15, 0.2) is 0 Å². The Labute approximate surface area is 85.7 Å². The van der Waals surface area contributed by atoms with Gasteiger partial charge in [0.2, 0.25) is 0 Å². The van der Waals surface area contributed by atoms with E-state index in [2.05, 4.69) is 15.2 Å². The molecule has 0 amide bonds. The Hall–Kier alpha value is -0.360. The van der Waals surface area contributed by atoms with Gasteiger partial charge >= 0.3 is 7.60 Å². The van der Waals surface area contributed by atoms with Crippen LogP contribution < -0.4 is 0 Å². The second kappa shape index (κ2) is 4.93. The fourth-order valence-corrected chi connectivity index (χ4v) is 2.48. The Morgan fingerprint density at radius 1 is 1.71 bits per heavy atom. The van der Waals surface area contributed by atoms with Crippen molar-refractivity contribution in [3.8, 4) is 0 Å². The van der Waals surface area contributed by atoms with Crippen molar-refractivity contribution in [3.63, 3.8) is 0 Å². The van der Waals surface area contributed by atoms with Gasteiger partial charge in [-0.2, -0.15) is 16.9 Å². The lowest BCUT2D eigenvalue weighted by Crippen LogP contribution is -2.00. The maximum absolute atomic E-state index is 10.7. The number of nitrogens with one attached hydrogen (secondary N) is 1. The van der Waals surface area contributed by atoms with Crippen molar-refractivity contribution in [2.24, 2.45) is 0 Å². The molecule has 1 unspecified atom stereocenters. The zero-order valence-corrected chi connectivity index (χ0v) is 9.33. The van der Waals surface area contributed by atoms with E-state index in [-0.39, 0.29) is 11.4 Å². The molecule has 80 valence electrons. The highest BCUT2D eigenvalue weighted by atomic mass is 32.2. The number of hydrogen-bond donors (Lipinski definition) is 3. The first kappa shape index (κ1) is 11.7. The minimum absolute atomic E-state index is 0.0369. The molecule has 14 heavy (non-hydrogen) atoms.